The number of halogens is 2. The van der Waals surface area contributed by atoms with Gasteiger partial charge in [-0.2, -0.15) is 0 Å². The maximum absolute atomic E-state index is 12.0. The number of hydrogen-bond acceptors (Lipinski definition) is 1. The summed E-state index contributed by atoms with van der Waals surface area (Å²) >= 11 is 11.8. The number of aryl methyl sites for hydroxylation is 1. The van der Waals surface area contributed by atoms with Gasteiger partial charge in [-0.15, -0.1) is 0 Å². The van der Waals surface area contributed by atoms with Gasteiger partial charge < -0.3 is 5.32 Å². The second kappa shape index (κ2) is 6.09. The van der Waals surface area contributed by atoms with Crippen LogP contribution in [-0.4, -0.2) is 5.91 Å². The normalized spacial score (nSPS) is 10.3. The highest BCUT2D eigenvalue weighted by molar-refractivity contribution is 6.36. The van der Waals surface area contributed by atoms with Gasteiger partial charge in [0.1, 0.15) is 0 Å². The highest BCUT2D eigenvalue weighted by Crippen LogP contribution is 2.20. The Balaban J connectivity index is 2.03. The second-order valence-electron chi connectivity index (χ2n) is 4.29. The Hall–Kier alpha value is -1.51. The van der Waals surface area contributed by atoms with Crippen molar-refractivity contribution in [1.82, 2.24) is 5.32 Å². The Morgan fingerprint density at radius 2 is 1.79 bits per heavy atom. The molecule has 2 rings (SSSR count). The summed E-state index contributed by atoms with van der Waals surface area (Å²) < 4.78 is 0. The summed E-state index contributed by atoms with van der Waals surface area (Å²) in [7, 11) is 0. The molecular formula is C15H13Cl2NO. The van der Waals surface area contributed by atoms with Crippen LogP contribution in [0, 0.1) is 6.92 Å². The third kappa shape index (κ3) is 3.72. The summed E-state index contributed by atoms with van der Waals surface area (Å²) in [6, 6.07) is 12.8. The molecule has 0 spiro atoms. The SMILES string of the molecule is Cc1ccc(CNC(=O)c2ccc(Cl)cc2Cl)cc1. The molecule has 98 valence electrons. The highest BCUT2D eigenvalue weighted by atomic mass is 35.5. The average Bonchev–Trinajstić information content (AvgIpc) is 2.37. The van der Waals surface area contributed by atoms with Gasteiger partial charge in [-0.1, -0.05) is 53.0 Å². The molecule has 0 aliphatic carbocycles. The van der Waals surface area contributed by atoms with Crippen LogP contribution in [0.15, 0.2) is 42.5 Å². The minimum Gasteiger partial charge on any atom is -0.348 e. The van der Waals surface area contributed by atoms with Crippen LogP contribution in [0.1, 0.15) is 21.5 Å². The molecule has 0 radical (unpaired) electrons. The predicted molar refractivity (Wildman–Crippen MR) is 78.8 cm³/mol. The maximum Gasteiger partial charge on any atom is 0.253 e. The monoisotopic (exact) mass is 293 g/mol. The van der Waals surface area contributed by atoms with Crippen LogP contribution < -0.4 is 5.32 Å². The van der Waals surface area contributed by atoms with Crippen molar-refractivity contribution in [2.75, 3.05) is 0 Å². The summed E-state index contributed by atoms with van der Waals surface area (Å²) in [6.45, 7) is 2.49. The van der Waals surface area contributed by atoms with Crippen molar-refractivity contribution in [3.63, 3.8) is 0 Å². The third-order valence-electron chi connectivity index (χ3n) is 2.75. The fraction of sp³-hybridized carbons (Fsp3) is 0.133. The van der Waals surface area contributed by atoms with E-state index in [-0.39, 0.29) is 5.91 Å². The second-order valence-corrected chi connectivity index (χ2v) is 5.14. The summed E-state index contributed by atoms with van der Waals surface area (Å²) in [5, 5.41) is 3.70. The fourth-order valence-electron chi connectivity index (χ4n) is 1.66. The molecule has 19 heavy (non-hydrogen) atoms. The number of carbonyl (C=O) groups excluding carboxylic acids is 1. The Labute approximate surface area is 122 Å². The van der Waals surface area contributed by atoms with Crippen LogP contribution in [0.4, 0.5) is 0 Å². The topological polar surface area (TPSA) is 29.1 Å². The minimum atomic E-state index is -0.206. The first kappa shape index (κ1) is 13.9. The van der Waals surface area contributed by atoms with E-state index in [0.29, 0.717) is 22.2 Å². The van der Waals surface area contributed by atoms with Crippen molar-refractivity contribution >= 4 is 29.1 Å². The van der Waals surface area contributed by atoms with Gasteiger partial charge >= 0.3 is 0 Å². The molecule has 2 aromatic carbocycles. The standard InChI is InChI=1S/C15H13Cl2NO/c1-10-2-4-11(5-3-10)9-18-15(19)13-7-6-12(16)8-14(13)17/h2-8H,9H2,1H3,(H,18,19). The lowest BCUT2D eigenvalue weighted by Gasteiger charge is -2.07. The summed E-state index contributed by atoms with van der Waals surface area (Å²) in [5.74, 6) is -0.206. The lowest BCUT2D eigenvalue weighted by molar-refractivity contribution is 0.0951. The van der Waals surface area contributed by atoms with E-state index < -0.39 is 0 Å². The van der Waals surface area contributed by atoms with E-state index >= 15 is 0 Å². The minimum absolute atomic E-state index is 0.206. The zero-order chi connectivity index (χ0) is 13.8. The zero-order valence-electron chi connectivity index (χ0n) is 10.4. The summed E-state index contributed by atoms with van der Waals surface area (Å²) in [4.78, 5) is 12.0. The number of hydrogen-bond donors (Lipinski definition) is 1. The highest BCUT2D eigenvalue weighted by Gasteiger charge is 2.10. The van der Waals surface area contributed by atoms with E-state index in [2.05, 4.69) is 5.32 Å². The van der Waals surface area contributed by atoms with Crippen LogP contribution in [0.3, 0.4) is 0 Å². The molecule has 1 amide bonds. The molecule has 0 saturated carbocycles. The molecule has 1 N–H and O–H groups in total. The molecule has 0 aromatic heterocycles. The summed E-state index contributed by atoms with van der Waals surface area (Å²) in [5.41, 5.74) is 2.66. The van der Waals surface area contributed by atoms with Crippen LogP contribution in [0.5, 0.6) is 0 Å². The van der Waals surface area contributed by atoms with Crippen molar-refractivity contribution < 1.29 is 4.79 Å². The van der Waals surface area contributed by atoms with E-state index in [9.17, 15) is 4.79 Å². The molecule has 2 nitrogen and oxygen atoms in total. The van der Waals surface area contributed by atoms with Crippen LogP contribution >= 0.6 is 23.2 Å². The van der Waals surface area contributed by atoms with E-state index in [1.807, 2.05) is 31.2 Å². The van der Waals surface area contributed by atoms with Gasteiger partial charge in [0.2, 0.25) is 0 Å². The molecule has 4 heteroatoms. The van der Waals surface area contributed by atoms with Crippen LogP contribution in [0.2, 0.25) is 10.0 Å². The Morgan fingerprint density at radius 3 is 2.42 bits per heavy atom. The Kier molecular flexibility index (Phi) is 4.46. The fourth-order valence-corrected chi connectivity index (χ4v) is 2.15. The van der Waals surface area contributed by atoms with Crippen LogP contribution in [-0.2, 0) is 6.54 Å². The van der Waals surface area contributed by atoms with Gasteiger partial charge in [0.15, 0.2) is 0 Å². The number of benzene rings is 2. The summed E-state index contributed by atoms with van der Waals surface area (Å²) in [6.07, 6.45) is 0. The van der Waals surface area contributed by atoms with Crippen molar-refractivity contribution in [3.8, 4) is 0 Å². The van der Waals surface area contributed by atoms with Gasteiger partial charge in [-0.3, -0.25) is 4.79 Å². The maximum atomic E-state index is 12.0. The molecule has 0 aliphatic heterocycles. The van der Waals surface area contributed by atoms with Crippen molar-refractivity contribution in [3.05, 3.63) is 69.2 Å². The first-order valence-corrected chi connectivity index (χ1v) is 6.60. The molecule has 0 saturated heterocycles. The third-order valence-corrected chi connectivity index (χ3v) is 3.30. The molecule has 0 fully saturated rings. The molecule has 0 heterocycles. The first-order chi connectivity index (χ1) is 9.06. The molecule has 0 atom stereocenters. The van der Waals surface area contributed by atoms with E-state index in [1.165, 1.54) is 5.56 Å². The lowest BCUT2D eigenvalue weighted by Crippen LogP contribution is -2.23. The number of amides is 1. The van der Waals surface area contributed by atoms with Gasteiger partial charge in [0.25, 0.3) is 5.91 Å². The van der Waals surface area contributed by atoms with Gasteiger partial charge in [-0.25, -0.2) is 0 Å². The predicted octanol–water partition coefficient (Wildman–Crippen LogP) is 4.23. The number of carbonyl (C=O) groups is 1. The zero-order valence-corrected chi connectivity index (χ0v) is 11.9. The van der Waals surface area contributed by atoms with Crippen molar-refractivity contribution in [2.45, 2.75) is 13.5 Å². The smallest absolute Gasteiger partial charge is 0.253 e. The van der Waals surface area contributed by atoms with Gasteiger partial charge in [0, 0.05) is 11.6 Å². The van der Waals surface area contributed by atoms with Gasteiger partial charge in [0.05, 0.1) is 10.6 Å². The number of rotatable bonds is 3. The van der Waals surface area contributed by atoms with E-state index in [4.69, 9.17) is 23.2 Å². The molecule has 2 aromatic rings. The first-order valence-electron chi connectivity index (χ1n) is 5.85. The van der Waals surface area contributed by atoms with Crippen LogP contribution in [0.25, 0.3) is 0 Å². The molecule has 0 bridgehead atoms. The van der Waals surface area contributed by atoms with Gasteiger partial charge in [-0.05, 0) is 30.7 Å². The van der Waals surface area contributed by atoms with Crippen molar-refractivity contribution in [2.24, 2.45) is 0 Å². The molecule has 0 unspecified atom stereocenters. The average molecular weight is 294 g/mol. The largest absolute Gasteiger partial charge is 0.348 e. The lowest BCUT2D eigenvalue weighted by atomic mass is 10.1. The van der Waals surface area contributed by atoms with Crippen molar-refractivity contribution in [1.29, 1.82) is 0 Å². The number of nitrogens with one attached hydrogen (secondary N) is 1. The Morgan fingerprint density at radius 1 is 1.11 bits per heavy atom. The van der Waals surface area contributed by atoms with E-state index in [1.54, 1.807) is 18.2 Å². The molecule has 0 aliphatic rings. The molecular weight excluding hydrogens is 281 g/mol. The van der Waals surface area contributed by atoms with E-state index in [0.717, 1.165) is 5.56 Å². The Bertz CT molecular complexity index is 594. The quantitative estimate of drug-likeness (QED) is 0.901.